The lowest BCUT2D eigenvalue weighted by Gasteiger charge is -1.93. The van der Waals surface area contributed by atoms with Crippen molar-refractivity contribution in [3.05, 3.63) is 35.1 Å². The molecular weight excluding hydrogens is 160 g/mol. The first-order valence-electron chi connectivity index (χ1n) is 3.37. The monoisotopic (exact) mass is 166 g/mol. The van der Waals surface area contributed by atoms with Crippen LogP contribution in [0.15, 0.2) is 24.5 Å². The van der Waals surface area contributed by atoms with Crippen LogP contribution in [0, 0.1) is 6.92 Å². The number of pyridine rings is 1. The maximum absolute atomic E-state index is 5.81. The van der Waals surface area contributed by atoms with Gasteiger partial charge in [0.25, 0.3) is 0 Å². The Morgan fingerprint density at radius 3 is 3.18 bits per heavy atom. The van der Waals surface area contributed by atoms with Gasteiger partial charge in [0.05, 0.1) is 11.7 Å². The molecule has 0 atom stereocenters. The molecule has 2 heterocycles. The minimum absolute atomic E-state index is 0.751. The van der Waals surface area contributed by atoms with Crippen LogP contribution in [0.2, 0.25) is 5.02 Å². The first-order valence-corrected chi connectivity index (χ1v) is 3.74. The third-order valence-corrected chi connectivity index (χ3v) is 1.91. The van der Waals surface area contributed by atoms with E-state index >= 15 is 0 Å². The van der Waals surface area contributed by atoms with E-state index in [4.69, 9.17) is 11.6 Å². The van der Waals surface area contributed by atoms with E-state index < -0.39 is 0 Å². The van der Waals surface area contributed by atoms with E-state index in [1.807, 2.05) is 31.5 Å². The second-order valence-electron chi connectivity index (χ2n) is 2.50. The molecule has 0 aliphatic heterocycles. The van der Waals surface area contributed by atoms with Crippen molar-refractivity contribution in [2.75, 3.05) is 0 Å². The lowest BCUT2D eigenvalue weighted by molar-refractivity contribution is 0.961. The molecule has 56 valence electrons. The van der Waals surface area contributed by atoms with E-state index in [1.165, 1.54) is 0 Å². The van der Waals surface area contributed by atoms with E-state index in [9.17, 15) is 0 Å². The Bertz CT molecular complexity index is 392. The maximum Gasteiger partial charge on any atom is 0.0705 e. The van der Waals surface area contributed by atoms with Gasteiger partial charge in [-0.05, 0) is 24.6 Å². The van der Waals surface area contributed by atoms with Gasteiger partial charge in [0.1, 0.15) is 0 Å². The first-order chi connectivity index (χ1) is 5.27. The number of fused-ring (bicyclic) bond motifs is 1. The highest BCUT2D eigenvalue weighted by Crippen LogP contribution is 2.14. The molecule has 0 amide bonds. The van der Waals surface area contributed by atoms with E-state index in [-0.39, 0.29) is 0 Å². The highest BCUT2D eigenvalue weighted by molar-refractivity contribution is 6.30. The molecule has 2 nitrogen and oxygen atoms in total. The number of hydrogen-bond donors (Lipinski definition) is 0. The largest absolute Gasteiger partial charge is 0.241 e. The second kappa shape index (κ2) is 2.24. The van der Waals surface area contributed by atoms with Gasteiger partial charge in [0, 0.05) is 11.2 Å². The molecule has 0 aliphatic carbocycles. The Morgan fingerprint density at radius 1 is 1.55 bits per heavy atom. The van der Waals surface area contributed by atoms with Gasteiger partial charge in [0.2, 0.25) is 0 Å². The van der Waals surface area contributed by atoms with Crippen molar-refractivity contribution >= 4 is 17.1 Å². The molecule has 2 aromatic heterocycles. The summed E-state index contributed by atoms with van der Waals surface area (Å²) in [5.41, 5.74) is 2.21. The fraction of sp³-hybridized carbons (Fsp3) is 0.125. The van der Waals surface area contributed by atoms with Crippen LogP contribution in [0.4, 0.5) is 0 Å². The Kier molecular flexibility index (Phi) is 1.36. The second-order valence-corrected chi connectivity index (χ2v) is 2.94. The summed E-state index contributed by atoms with van der Waals surface area (Å²) in [4.78, 5) is 0. The molecule has 3 heteroatoms. The van der Waals surface area contributed by atoms with Gasteiger partial charge in [-0.15, -0.1) is 0 Å². The molecule has 2 aromatic rings. The fourth-order valence-electron chi connectivity index (χ4n) is 1.08. The number of rotatable bonds is 0. The topological polar surface area (TPSA) is 17.3 Å². The minimum atomic E-state index is 0.751. The van der Waals surface area contributed by atoms with Gasteiger partial charge in [0.15, 0.2) is 0 Å². The summed E-state index contributed by atoms with van der Waals surface area (Å²) < 4.78 is 1.81. The van der Waals surface area contributed by atoms with Crippen LogP contribution < -0.4 is 0 Å². The summed E-state index contributed by atoms with van der Waals surface area (Å²) in [6, 6.07) is 3.73. The summed E-state index contributed by atoms with van der Waals surface area (Å²) in [5.74, 6) is 0. The zero-order chi connectivity index (χ0) is 7.84. The summed E-state index contributed by atoms with van der Waals surface area (Å²) in [7, 11) is 0. The van der Waals surface area contributed by atoms with Crippen LogP contribution in [-0.2, 0) is 0 Å². The maximum atomic E-state index is 5.81. The third-order valence-electron chi connectivity index (χ3n) is 1.68. The SMILES string of the molecule is Cc1cnn2ccc(Cl)cc12. The molecule has 2 rings (SSSR count). The highest BCUT2D eigenvalue weighted by Gasteiger charge is 1.97. The lowest BCUT2D eigenvalue weighted by atomic mass is 10.3. The van der Waals surface area contributed by atoms with Crippen molar-refractivity contribution in [1.29, 1.82) is 0 Å². The van der Waals surface area contributed by atoms with Gasteiger partial charge in [-0.1, -0.05) is 11.6 Å². The molecule has 0 N–H and O–H groups in total. The summed E-state index contributed by atoms with van der Waals surface area (Å²) in [6.45, 7) is 2.01. The normalized spacial score (nSPS) is 10.7. The molecule has 0 saturated carbocycles. The van der Waals surface area contributed by atoms with Crippen LogP contribution in [0.25, 0.3) is 5.52 Å². The molecule has 0 saturated heterocycles. The van der Waals surface area contributed by atoms with Crippen molar-refractivity contribution in [3.63, 3.8) is 0 Å². The summed E-state index contributed by atoms with van der Waals surface area (Å²) in [5, 5.41) is 4.87. The molecule has 0 aliphatic rings. The number of hydrogen-bond acceptors (Lipinski definition) is 1. The lowest BCUT2D eigenvalue weighted by Crippen LogP contribution is -1.83. The predicted octanol–water partition coefficient (Wildman–Crippen LogP) is 2.30. The van der Waals surface area contributed by atoms with Crippen molar-refractivity contribution < 1.29 is 0 Å². The van der Waals surface area contributed by atoms with Gasteiger partial charge in [-0.3, -0.25) is 0 Å². The van der Waals surface area contributed by atoms with Gasteiger partial charge < -0.3 is 0 Å². The zero-order valence-corrected chi connectivity index (χ0v) is 6.84. The van der Waals surface area contributed by atoms with E-state index in [0.717, 1.165) is 16.1 Å². The Labute approximate surface area is 69.4 Å². The first kappa shape index (κ1) is 6.68. The molecule has 0 fully saturated rings. The quantitative estimate of drug-likeness (QED) is 0.587. The van der Waals surface area contributed by atoms with Gasteiger partial charge in [-0.25, -0.2) is 4.52 Å². The number of nitrogens with zero attached hydrogens (tertiary/aromatic N) is 2. The Balaban J connectivity index is 2.87. The number of aryl methyl sites for hydroxylation is 1. The molecule has 0 bridgehead atoms. The smallest absolute Gasteiger partial charge is 0.0705 e. The molecular formula is C8H7ClN2. The number of halogens is 1. The highest BCUT2D eigenvalue weighted by atomic mass is 35.5. The van der Waals surface area contributed by atoms with E-state index in [0.29, 0.717) is 0 Å². The Morgan fingerprint density at radius 2 is 2.36 bits per heavy atom. The molecule has 0 spiro atoms. The van der Waals surface area contributed by atoms with Gasteiger partial charge in [-0.2, -0.15) is 5.10 Å². The summed E-state index contributed by atoms with van der Waals surface area (Å²) >= 11 is 5.81. The van der Waals surface area contributed by atoms with Gasteiger partial charge >= 0.3 is 0 Å². The molecule has 0 radical (unpaired) electrons. The average molecular weight is 167 g/mol. The summed E-state index contributed by atoms with van der Waals surface area (Å²) in [6.07, 6.45) is 3.68. The third kappa shape index (κ3) is 0.994. The molecule has 11 heavy (non-hydrogen) atoms. The van der Waals surface area contributed by atoms with Crippen molar-refractivity contribution in [2.45, 2.75) is 6.92 Å². The van der Waals surface area contributed by atoms with Crippen LogP contribution in [0.1, 0.15) is 5.56 Å². The molecule has 0 unspecified atom stereocenters. The van der Waals surface area contributed by atoms with Crippen molar-refractivity contribution in [3.8, 4) is 0 Å². The van der Waals surface area contributed by atoms with Crippen LogP contribution >= 0.6 is 11.6 Å². The number of aromatic nitrogens is 2. The zero-order valence-electron chi connectivity index (χ0n) is 6.08. The predicted molar refractivity (Wildman–Crippen MR) is 44.9 cm³/mol. The Hall–Kier alpha value is -1.02. The van der Waals surface area contributed by atoms with Crippen molar-refractivity contribution in [2.24, 2.45) is 0 Å². The van der Waals surface area contributed by atoms with Crippen LogP contribution in [0.3, 0.4) is 0 Å². The van der Waals surface area contributed by atoms with E-state index in [2.05, 4.69) is 5.10 Å². The van der Waals surface area contributed by atoms with Crippen LogP contribution in [0.5, 0.6) is 0 Å². The van der Waals surface area contributed by atoms with Crippen LogP contribution in [-0.4, -0.2) is 9.61 Å². The fourth-order valence-corrected chi connectivity index (χ4v) is 1.24. The molecule has 0 aromatic carbocycles. The average Bonchev–Trinajstić information content (AvgIpc) is 2.33. The van der Waals surface area contributed by atoms with Crippen molar-refractivity contribution in [1.82, 2.24) is 9.61 Å². The minimum Gasteiger partial charge on any atom is -0.241 e. The van der Waals surface area contributed by atoms with E-state index in [1.54, 1.807) is 4.52 Å². The standard InChI is InChI=1S/C8H7ClN2/c1-6-5-10-11-3-2-7(9)4-8(6)11/h2-5H,1H3.